The fraction of sp³-hybridized carbons (Fsp3) is 0.417. The van der Waals surface area contributed by atoms with Crippen molar-refractivity contribution in [2.75, 3.05) is 12.8 Å². The zero-order valence-electron chi connectivity index (χ0n) is 19.1. The summed E-state index contributed by atoms with van der Waals surface area (Å²) in [6.07, 6.45) is 6.49. The third kappa shape index (κ3) is 5.20. The van der Waals surface area contributed by atoms with Crippen LogP contribution in [0.2, 0.25) is 0 Å². The molecule has 0 spiro atoms. The number of sulfone groups is 1. The molecule has 3 heterocycles. The Kier molecular flexibility index (Phi) is 6.71. The van der Waals surface area contributed by atoms with Crippen molar-refractivity contribution in [3.8, 4) is 5.82 Å². The van der Waals surface area contributed by atoms with E-state index in [1.807, 2.05) is 42.8 Å². The Morgan fingerprint density at radius 1 is 1.21 bits per heavy atom. The second-order valence-electron chi connectivity index (χ2n) is 8.55. The molecule has 2 aromatic heterocycles. The summed E-state index contributed by atoms with van der Waals surface area (Å²) >= 11 is 0. The molecule has 1 saturated heterocycles. The summed E-state index contributed by atoms with van der Waals surface area (Å²) in [5.74, 6) is 0.658. The minimum absolute atomic E-state index is 0.191. The van der Waals surface area contributed by atoms with E-state index >= 15 is 0 Å². The molecule has 9 heteroatoms. The molecule has 1 unspecified atom stereocenters. The van der Waals surface area contributed by atoms with Crippen LogP contribution in [0.5, 0.6) is 0 Å². The van der Waals surface area contributed by atoms with Gasteiger partial charge in [-0.1, -0.05) is 12.1 Å². The van der Waals surface area contributed by atoms with Crippen LogP contribution >= 0.6 is 0 Å². The number of rotatable bonds is 6. The molecule has 0 radical (unpaired) electrons. The lowest BCUT2D eigenvalue weighted by Crippen LogP contribution is -2.46. The summed E-state index contributed by atoms with van der Waals surface area (Å²) in [5.41, 5.74) is 1.58. The van der Waals surface area contributed by atoms with E-state index in [2.05, 4.69) is 4.98 Å². The summed E-state index contributed by atoms with van der Waals surface area (Å²) < 4.78 is 37.6. The van der Waals surface area contributed by atoms with Gasteiger partial charge < -0.3 is 14.0 Å². The average molecular weight is 472 g/mol. The van der Waals surface area contributed by atoms with Gasteiger partial charge >= 0.3 is 6.09 Å². The van der Waals surface area contributed by atoms with E-state index in [0.717, 1.165) is 35.7 Å². The highest BCUT2D eigenvalue weighted by Crippen LogP contribution is 2.26. The molecular formula is C24H29N3O5S. The largest absolute Gasteiger partial charge is 0.447 e. The predicted octanol–water partition coefficient (Wildman–Crippen LogP) is 4.30. The van der Waals surface area contributed by atoms with Crippen LogP contribution in [0, 0.1) is 0 Å². The number of pyridine rings is 1. The van der Waals surface area contributed by atoms with E-state index in [0.29, 0.717) is 12.4 Å². The van der Waals surface area contributed by atoms with Crippen molar-refractivity contribution in [1.29, 1.82) is 0 Å². The fourth-order valence-corrected chi connectivity index (χ4v) is 4.66. The summed E-state index contributed by atoms with van der Waals surface area (Å²) in [6.45, 7) is 4.52. The number of carbonyl (C=O) groups excluding carboxylic acids is 1. The van der Waals surface area contributed by atoms with Crippen LogP contribution in [0.3, 0.4) is 0 Å². The van der Waals surface area contributed by atoms with Crippen LogP contribution in [0.4, 0.5) is 4.79 Å². The Balaban J connectivity index is 1.60. The van der Waals surface area contributed by atoms with Crippen LogP contribution in [-0.4, -0.2) is 54.1 Å². The first kappa shape index (κ1) is 23.3. The first-order valence-electron chi connectivity index (χ1n) is 11.1. The third-order valence-electron chi connectivity index (χ3n) is 5.64. The van der Waals surface area contributed by atoms with Crippen molar-refractivity contribution in [2.45, 2.75) is 56.9 Å². The minimum atomic E-state index is -3.34. The molecule has 0 bridgehead atoms. The normalized spacial score (nSPS) is 17.0. The molecule has 3 aromatic rings. The SMILES string of the molecule is CC(C)OC(=O)N1CCCCC1OCc1cccnc1-n1ccc2ccc(S(C)(=O)=O)cc21. The minimum Gasteiger partial charge on any atom is -0.447 e. The molecule has 1 aromatic carbocycles. The third-order valence-corrected chi connectivity index (χ3v) is 6.75. The van der Waals surface area contributed by atoms with Crippen LogP contribution < -0.4 is 0 Å². The first-order valence-corrected chi connectivity index (χ1v) is 13.0. The molecule has 0 aliphatic carbocycles. The first-order chi connectivity index (χ1) is 15.7. The van der Waals surface area contributed by atoms with Gasteiger partial charge in [-0.05, 0) is 57.4 Å². The van der Waals surface area contributed by atoms with Gasteiger partial charge in [0, 0.05) is 36.1 Å². The Hall–Kier alpha value is -2.91. The molecular weight excluding hydrogens is 442 g/mol. The monoisotopic (exact) mass is 471 g/mol. The number of hydrogen-bond acceptors (Lipinski definition) is 6. The number of nitrogens with zero attached hydrogens (tertiary/aromatic N) is 3. The highest BCUT2D eigenvalue weighted by molar-refractivity contribution is 7.90. The molecule has 1 amide bonds. The highest BCUT2D eigenvalue weighted by atomic mass is 32.2. The van der Waals surface area contributed by atoms with E-state index in [4.69, 9.17) is 9.47 Å². The van der Waals surface area contributed by atoms with Crippen LogP contribution in [0.15, 0.2) is 53.7 Å². The number of hydrogen-bond donors (Lipinski definition) is 0. The lowest BCUT2D eigenvalue weighted by molar-refractivity contribution is -0.0824. The van der Waals surface area contributed by atoms with E-state index < -0.39 is 9.84 Å². The van der Waals surface area contributed by atoms with Crippen LogP contribution in [0.1, 0.15) is 38.7 Å². The van der Waals surface area contributed by atoms with Gasteiger partial charge in [0.15, 0.2) is 9.84 Å². The lowest BCUT2D eigenvalue weighted by Gasteiger charge is -2.35. The molecule has 1 aliphatic heterocycles. The quantitative estimate of drug-likeness (QED) is 0.532. The molecule has 8 nitrogen and oxygen atoms in total. The van der Waals surface area contributed by atoms with Gasteiger partial charge in [-0.25, -0.2) is 18.2 Å². The van der Waals surface area contributed by atoms with Crippen LogP contribution in [-0.2, 0) is 25.9 Å². The molecule has 0 N–H and O–H groups in total. The number of benzene rings is 1. The van der Waals surface area contributed by atoms with Crippen LogP contribution in [0.25, 0.3) is 16.7 Å². The lowest BCUT2D eigenvalue weighted by atomic mass is 10.1. The number of likely N-dealkylation sites (tertiary alicyclic amines) is 1. The standard InChI is InChI=1S/C24H29N3O5S/c1-17(2)32-24(28)27-13-5-4-8-22(27)31-16-19-7-6-12-25-23(19)26-14-11-18-9-10-20(15-21(18)26)33(3,29)30/h6-7,9-12,14-15,17,22H,4-5,8,13,16H2,1-3H3. The molecule has 0 saturated carbocycles. The Bertz CT molecular complexity index is 1250. The maximum Gasteiger partial charge on any atom is 0.412 e. The number of piperidine rings is 1. The summed E-state index contributed by atoms with van der Waals surface area (Å²) in [7, 11) is -3.34. The van der Waals surface area contributed by atoms with E-state index in [1.165, 1.54) is 6.26 Å². The van der Waals surface area contributed by atoms with Gasteiger partial charge in [-0.2, -0.15) is 0 Å². The Labute approximate surface area is 194 Å². The highest BCUT2D eigenvalue weighted by Gasteiger charge is 2.29. The van der Waals surface area contributed by atoms with Crippen molar-refractivity contribution in [1.82, 2.24) is 14.5 Å². The smallest absolute Gasteiger partial charge is 0.412 e. The van der Waals surface area contributed by atoms with Gasteiger partial charge in [-0.15, -0.1) is 0 Å². The maximum atomic E-state index is 12.5. The van der Waals surface area contributed by atoms with Crippen molar-refractivity contribution < 1.29 is 22.7 Å². The molecule has 1 atom stereocenters. The molecule has 33 heavy (non-hydrogen) atoms. The Morgan fingerprint density at radius 3 is 2.79 bits per heavy atom. The second kappa shape index (κ2) is 9.52. The summed E-state index contributed by atoms with van der Waals surface area (Å²) in [5, 5.41) is 0.912. The number of carbonyl (C=O) groups is 1. The Morgan fingerprint density at radius 2 is 2.03 bits per heavy atom. The molecule has 1 fully saturated rings. The number of aromatic nitrogens is 2. The van der Waals surface area contributed by atoms with Gasteiger partial charge in [0.05, 0.1) is 23.1 Å². The van der Waals surface area contributed by atoms with Crippen molar-refractivity contribution in [2.24, 2.45) is 0 Å². The van der Waals surface area contributed by atoms with E-state index in [1.54, 1.807) is 29.3 Å². The van der Waals surface area contributed by atoms with Crippen molar-refractivity contribution in [3.05, 3.63) is 54.4 Å². The summed E-state index contributed by atoms with van der Waals surface area (Å²) in [6, 6.07) is 10.7. The van der Waals surface area contributed by atoms with E-state index in [9.17, 15) is 13.2 Å². The van der Waals surface area contributed by atoms with Crippen molar-refractivity contribution >= 4 is 26.8 Å². The zero-order chi connectivity index (χ0) is 23.6. The number of ether oxygens (including phenoxy) is 2. The van der Waals surface area contributed by atoms with Crippen molar-refractivity contribution in [3.63, 3.8) is 0 Å². The number of amides is 1. The van der Waals surface area contributed by atoms with Gasteiger partial charge in [0.1, 0.15) is 12.0 Å². The fourth-order valence-electron chi connectivity index (χ4n) is 4.02. The van der Waals surface area contributed by atoms with E-state index in [-0.39, 0.29) is 29.9 Å². The zero-order valence-corrected chi connectivity index (χ0v) is 19.9. The van der Waals surface area contributed by atoms with Gasteiger partial charge in [0.25, 0.3) is 0 Å². The summed E-state index contributed by atoms with van der Waals surface area (Å²) in [4.78, 5) is 19.0. The molecule has 4 rings (SSSR count). The van der Waals surface area contributed by atoms with Gasteiger partial charge in [0.2, 0.25) is 0 Å². The topological polar surface area (TPSA) is 90.7 Å². The number of fused-ring (bicyclic) bond motifs is 1. The molecule has 1 aliphatic rings. The van der Waals surface area contributed by atoms with Gasteiger partial charge in [-0.3, -0.25) is 4.90 Å². The maximum absolute atomic E-state index is 12.5. The predicted molar refractivity (Wildman–Crippen MR) is 125 cm³/mol. The second-order valence-corrected chi connectivity index (χ2v) is 10.6. The average Bonchev–Trinajstić information content (AvgIpc) is 3.20. The molecule has 176 valence electrons.